The smallest absolute Gasteiger partial charge is 0.0724 e. The van der Waals surface area contributed by atoms with Crippen LogP contribution in [0.4, 0.5) is 0 Å². The molecule has 2 aliphatic rings. The summed E-state index contributed by atoms with van der Waals surface area (Å²) in [4.78, 5) is 0. The van der Waals surface area contributed by atoms with Crippen LogP contribution in [0.5, 0.6) is 0 Å². The van der Waals surface area contributed by atoms with Gasteiger partial charge in [0.25, 0.3) is 0 Å². The molecule has 2 aliphatic carbocycles. The molecular weight excluding hydrogens is 190 g/mol. The highest BCUT2D eigenvalue weighted by Gasteiger charge is 2.29. The van der Waals surface area contributed by atoms with E-state index in [2.05, 4.69) is 5.32 Å². The van der Waals surface area contributed by atoms with Crippen molar-refractivity contribution in [3.63, 3.8) is 0 Å². The van der Waals surface area contributed by atoms with Crippen molar-refractivity contribution in [2.24, 2.45) is 5.92 Å². The molecule has 3 heteroatoms. The van der Waals surface area contributed by atoms with Gasteiger partial charge in [-0.1, -0.05) is 12.8 Å². The van der Waals surface area contributed by atoms with Crippen LogP contribution in [-0.2, 0) is 4.74 Å². The van der Waals surface area contributed by atoms with Crippen molar-refractivity contribution in [2.75, 3.05) is 13.7 Å². The van der Waals surface area contributed by atoms with Crippen LogP contribution in [-0.4, -0.2) is 37.0 Å². The Hall–Kier alpha value is -0.120. The molecule has 0 spiro atoms. The van der Waals surface area contributed by atoms with Crippen LogP contribution in [0.15, 0.2) is 0 Å². The van der Waals surface area contributed by atoms with Gasteiger partial charge < -0.3 is 15.2 Å². The molecule has 0 aromatic heterocycles. The second-order valence-electron chi connectivity index (χ2n) is 5.06. The molecule has 0 saturated heterocycles. The van der Waals surface area contributed by atoms with Crippen LogP contribution >= 0.6 is 0 Å². The molecular formula is C12H23NO2. The summed E-state index contributed by atoms with van der Waals surface area (Å²) in [7, 11) is 1.82. The molecule has 2 saturated carbocycles. The van der Waals surface area contributed by atoms with Crippen molar-refractivity contribution >= 4 is 0 Å². The first-order valence-electron chi connectivity index (χ1n) is 6.24. The van der Waals surface area contributed by atoms with Crippen molar-refractivity contribution < 1.29 is 9.84 Å². The Bertz CT molecular complexity index is 192. The normalized spacial score (nSPS) is 41.2. The maximum Gasteiger partial charge on any atom is 0.0724 e. The van der Waals surface area contributed by atoms with Gasteiger partial charge in [-0.25, -0.2) is 0 Å². The molecule has 88 valence electrons. The Labute approximate surface area is 92.2 Å². The number of methoxy groups -OCH3 is 1. The van der Waals surface area contributed by atoms with Crippen molar-refractivity contribution in [2.45, 2.75) is 56.8 Å². The predicted octanol–water partition coefficient (Wildman–Crippen LogP) is 1.30. The van der Waals surface area contributed by atoms with E-state index < -0.39 is 0 Å². The molecule has 0 amide bonds. The van der Waals surface area contributed by atoms with E-state index in [-0.39, 0.29) is 6.10 Å². The van der Waals surface area contributed by atoms with Gasteiger partial charge in [-0.05, 0) is 38.1 Å². The Morgan fingerprint density at radius 2 is 2.00 bits per heavy atom. The van der Waals surface area contributed by atoms with Crippen LogP contribution in [0.2, 0.25) is 0 Å². The van der Waals surface area contributed by atoms with Crippen molar-refractivity contribution in [1.82, 2.24) is 5.32 Å². The summed E-state index contributed by atoms with van der Waals surface area (Å²) in [6.07, 6.45) is 7.42. The van der Waals surface area contributed by atoms with E-state index in [1.54, 1.807) is 0 Å². The monoisotopic (exact) mass is 213 g/mol. The number of nitrogens with one attached hydrogen (secondary N) is 1. The second-order valence-corrected chi connectivity index (χ2v) is 5.06. The summed E-state index contributed by atoms with van der Waals surface area (Å²) < 4.78 is 5.50. The maximum absolute atomic E-state index is 9.20. The van der Waals surface area contributed by atoms with Crippen LogP contribution < -0.4 is 5.32 Å². The number of hydrogen-bond donors (Lipinski definition) is 2. The number of hydrogen-bond acceptors (Lipinski definition) is 3. The lowest BCUT2D eigenvalue weighted by Crippen LogP contribution is -2.47. The molecule has 0 heterocycles. The van der Waals surface area contributed by atoms with E-state index in [0.717, 1.165) is 19.4 Å². The number of ether oxygens (including phenoxy) is 1. The minimum atomic E-state index is -0.0265. The highest BCUT2D eigenvalue weighted by atomic mass is 16.5. The lowest BCUT2D eigenvalue weighted by molar-refractivity contribution is 0.0215. The first-order chi connectivity index (χ1) is 7.29. The van der Waals surface area contributed by atoms with Gasteiger partial charge in [-0.3, -0.25) is 0 Å². The molecule has 0 bridgehead atoms. The van der Waals surface area contributed by atoms with Gasteiger partial charge in [0.1, 0.15) is 0 Å². The van der Waals surface area contributed by atoms with E-state index >= 15 is 0 Å². The first-order valence-corrected chi connectivity index (χ1v) is 6.24. The van der Waals surface area contributed by atoms with Crippen LogP contribution in [0.3, 0.4) is 0 Å². The molecule has 0 aromatic rings. The van der Waals surface area contributed by atoms with Gasteiger partial charge in [0.2, 0.25) is 0 Å². The van der Waals surface area contributed by atoms with E-state index in [4.69, 9.17) is 4.74 Å². The van der Waals surface area contributed by atoms with E-state index in [1.807, 2.05) is 7.11 Å². The van der Waals surface area contributed by atoms with E-state index in [0.29, 0.717) is 18.1 Å². The molecule has 15 heavy (non-hydrogen) atoms. The predicted molar refractivity (Wildman–Crippen MR) is 59.8 cm³/mol. The Morgan fingerprint density at radius 3 is 2.67 bits per heavy atom. The second kappa shape index (κ2) is 5.28. The van der Waals surface area contributed by atoms with E-state index in [1.165, 1.54) is 25.7 Å². The summed E-state index contributed by atoms with van der Waals surface area (Å²) in [6, 6.07) is 0.543. The SMILES string of the molecule is COC1CCCCC1NCC1CC(O)C1. The third kappa shape index (κ3) is 2.92. The summed E-state index contributed by atoms with van der Waals surface area (Å²) in [5, 5.41) is 12.8. The topological polar surface area (TPSA) is 41.5 Å². The fourth-order valence-electron chi connectivity index (χ4n) is 2.80. The van der Waals surface area contributed by atoms with Gasteiger partial charge in [0.15, 0.2) is 0 Å². The molecule has 0 radical (unpaired) electrons. The summed E-state index contributed by atoms with van der Waals surface area (Å²) >= 11 is 0. The van der Waals surface area contributed by atoms with Gasteiger partial charge in [0.05, 0.1) is 12.2 Å². The fourth-order valence-corrected chi connectivity index (χ4v) is 2.80. The van der Waals surface area contributed by atoms with Gasteiger partial charge >= 0.3 is 0 Å². The molecule has 2 unspecified atom stereocenters. The fraction of sp³-hybridized carbons (Fsp3) is 1.00. The maximum atomic E-state index is 9.20. The Morgan fingerprint density at radius 1 is 1.27 bits per heavy atom. The third-order valence-electron chi connectivity index (χ3n) is 3.88. The standard InChI is InChI=1S/C12H23NO2/c1-15-12-5-3-2-4-11(12)13-8-9-6-10(14)7-9/h9-14H,2-8H2,1H3. The van der Waals surface area contributed by atoms with Gasteiger partial charge in [0, 0.05) is 13.2 Å². The zero-order valence-corrected chi connectivity index (χ0v) is 9.61. The summed E-state index contributed by atoms with van der Waals surface area (Å²) in [6.45, 7) is 1.06. The number of aliphatic hydroxyl groups is 1. The van der Waals surface area contributed by atoms with E-state index in [9.17, 15) is 5.11 Å². The average Bonchev–Trinajstić information content (AvgIpc) is 2.23. The molecule has 2 N–H and O–H groups in total. The molecule has 2 rings (SSSR count). The molecule has 0 aromatic carbocycles. The van der Waals surface area contributed by atoms with Gasteiger partial charge in [-0.2, -0.15) is 0 Å². The van der Waals surface area contributed by atoms with Crippen LogP contribution in [0.1, 0.15) is 38.5 Å². The van der Waals surface area contributed by atoms with Crippen LogP contribution in [0.25, 0.3) is 0 Å². The molecule has 3 nitrogen and oxygen atoms in total. The van der Waals surface area contributed by atoms with Crippen molar-refractivity contribution in [3.05, 3.63) is 0 Å². The highest BCUT2D eigenvalue weighted by Crippen LogP contribution is 2.27. The largest absolute Gasteiger partial charge is 0.393 e. The number of rotatable bonds is 4. The lowest BCUT2D eigenvalue weighted by Gasteiger charge is -2.36. The molecule has 2 atom stereocenters. The minimum absolute atomic E-state index is 0.0265. The van der Waals surface area contributed by atoms with Gasteiger partial charge in [-0.15, -0.1) is 0 Å². The zero-order chi connectivity index (χ0) is 10.7. The quantitative estimate of drug-likeness (QED) is 0.739. The highest BCUT2D eigenvalue weighted by molar-refractivity contribution is 4.85. The van der Waals surface area contributed by atoms with Crippen LogP contribution in [0, 0.1) is 5.92 Å². The summed E-state index contributed by atoms with van der Waals surface area (Å²) in [5.41, 5.74) is 0. The third-order valence-corrected chi connectivity index (χ3v) is 3.88. The Balaban J connectivity index is 1.68. The summed E-state index contributed by atoms with van der Waals surface area (Å²) in [5.74, 6) is 0.694. The number of aliphatic hydroxyl groups excluding tert-OH is 1. The van der Waals surface area contributed by atoms with Crippen molar-refractivity contribution in [3.8, 4) is 0 Å². The first kappa shape index (κ1) is 11.4. The molecule has 2 fully saturated rings. The lowest BCUT2D eigenvalue weighted by atomic mass is 9.82. The van der Waals surface area contributed by atoms with Crippen molar-refractivity contribution in [1.29, 1.82) is 0 Å². The average molecular weight is 213 g/mol. The minimum Gasteiger partial charge on any atom is -0.393 e. The zero-order valence-electron chi connectivity index (χ0n) is 9.61. The molecule has 0 aliphatic heterocycles. The Kier molecular flexibility index (Phi) is 4.00.